The van der Waals surface area contributed by atoms with Gasteiger partial charge in [-0.2, -0.15) is 5.26 Å². The largest absolute Gasteiger partial charge is 0.490 e. The monoisotopic (exact) mass is 345 g/mol. The molecule has 21 heavy (non-hydrogen) atoms. The van der Waals surface area contributed by atoms with Crippen LogP contribution in [-0.4, -0.2) is 6.61 Å². The van der Waals surface area contributed by atoms with Gasteiger partial charge in [-0.05, 0) is 41.4 Å². The van der Waals surface area contributed by atoms with Crippen LogP contribution in [0.4, 0.5) is 0 Å². The second-order valence-electron chi connectivity index (χ2n) is 4.60. The third-order valence-corrected chi connectivity index (χ3v) is 3.53. The number of aryl methyl sites for hydroxylation is 1. The minimum absolute atomic E-state index is 0.449. The van der Waals surface area contributed by atoms with Gasteiger partial charge in [0.25, 0.3) is 0 Å². The number of nitrogens with zero attached hydrogens (tertiary/aromatic N) is 1. The first-order valence-corrected chi connectivity index (χ1v) is 7.48. The van der Waals surface area contributed by atoms with Crippen LogP contribution in [0.3, 0.4) is 0 Å². The summed E-state index contributed by atoms with van der Waals surface area (Å²) in [6.07, 6.45) is 0. The van der Waals surface area contributed by atoms with Gasteiger partial charge in [-0.3, -0.25) is 0 Å². The van der Waals surface area contributed by atoms with Gasteiger partial charge in [0.2, 0.25) is 0 Å². The van der Waals surface area contributed by atoms with Gasteiger partial charge in [0.15, 0.2) is 11.5 Å². The Balaban J connectivity index is 2.22. The van der Waals surface area contributed by atoms with E-state index in [0.717, 1.165) is 10.0 Å². The number of halogens is 1. The van der Waals surface area contributed by atoms with Gasteiger partial charge in [-0.1, -0.05) is 29.8 Å². The van der Waals surface area contributed by atoms with Crippen molar-refractivity contribution >= 4 is 15.9 Å². The molecule has 0 fully saturated rings. The zero-order valence-electron chi connectivity index (χ0n) is 12.0. The van der Waals surface area contributed by atoms with Crippen molar-refractivity contribution in [2.24, 2.45) is 0 Å². The molecule has 0 bridgehead atoms. The molecule has 4 heteroatoms. The molecule has 0 atom stereocenters. The van der Waals surface area contributed by atoms with Crippen LogP contribution in [0.25, 0.3) is 0 Å². The highest BCUT2D eigenvalue weighted by atomic mass is 79.9. The van der Waals surface area contributed by atoms with E-state index in [-0.39, 0.29) is 0 Å². The van der Waals surface area contributed by atoms with Crippen molar-refractivity contribution in [3.8, 4) is 17.6 Å². The Bertz CT molecular complexity index is 660. The van der Waals surface area contributed by atoms with Gasteiger partial charge in [-0.25, -0.2) is 0 Å². The fraction of sp³-hybridized carbons (Fsp3) is 0.235. The molecule has 0 unspecified atom stereocenters. The number of hydrogen-bond acceptors (Lipinski definition) is 3. The second kappa shape index (κ2) is 7.14. The van der Waals surface area contributed by atoms with Gasteiger partial charge >= 0.3 is 0 Å². The number of ether oxygens (including phenoxy) is 2. The SMILES string of the molecule is CCOc1cc(C#N)cc(Br)c1OCc1ccc(C)cc1. The highest BCUT2D eigenvalue weighted by Gasteiger charge is 2.12. The van der Waals surface area contributed by atoms with E-state index in [4.69, 9.17) is 14.7 Å². The third-order valence-electron chi connectivity index (χ3n) is 2.94. The summed E-state index contributed by atoms with van der Waals surface area (Å²) in [5.74, 6) is 1.20. The van der Waals surface area contributed by atoms with Crippen molar-refractivity contribution in [3.05, 3.63) is 57.6 Å². The number of rotatable bonds is 5. The standard InChI is InChI=1S/C17H16BrNO2/c1-3-20-16-9-14(10-19)8-15(18)17(16)21-11-13-6-4-12(2)5-7-13/h4-9H,3,11H2,1-2H3. The van der Waals surface area contributed by atoms with Crippen molar-refractivity contribution in [2.45, 2.75) is 20.5 Å². The summed E-state index contributed by atoms with van der Waals surface area (Å²) in [4.78, 5) is 0. The molecule has 0 spiro atoms. The minimum atomic E-state index is 0.449. The molecule has 0 aliphatic heterocycles. The first-order valence-electron chi connectivity index (χ1n) is 6.68. The van der Waals surface area contributed by atoms with Crippen LogP contribution in [0.2, 0.25) is 0 Å². The molecular formula is C17H16BrNO2. The second-order valence-corrected chi connectivity index (χ2v) is 5.46. The van der Waals surface area contributed by atoms with Crippen LogP contribution in [-0.2, 0) is 6.61 Å². The molecule has 2 aromatic carbocycles. The quantitative estimate of drug-likeness (QED) is 0.794. The average Bonchev–Trinajstić information content (AvgIpc) is 2.48. The Morgan fingerprint density at radius 3 is 2.48 bits per heavy atom. The van der Waals surface area contributed by atoms with E-state index in [0.29, 0.717) is 30.3 Å². The van der Waals surface area contributed by atoms with Crippen molar-refractivity contribution in [2.75, 3.05) is 6.61 Å². The zero-order valence-corrected chi connectivity index (χ0v) is 13.6. The molecule has 0 aromatic heterocycles. The highest BCUT2D eigenvalue weighted by molar-refractivity contribution is 9.10. The Morgan fingerprint density at radius 1 is 1.14 bits per heavy atom. The lowest BCUT2D eigenvalue weighted by molar-refractivity contribution is 0.267. The fourth-order valence-electron chi connectivity index (χ4n) is 1.88. The summed E-state index contributed by atoms with van der Waals surface area (Å²) >= 11 is 3.44. The van der Waals surface area contributed by atoms with Gasteiger partial charge in [-0.15, -0.1) is 0 Å². The molecule has 0 heterocycles. The van der Waals surface area contributed by atoms with Crippen molar-refractivity contribution in [1.29, 1.82) is 5.26 Å². The number of benzene rings is 2. The van der Waals surface area contributed by atoms with E-state index in [2.05, 4.69) is 41.1 Å². The predicted molar refractivity (Wildman–Crippen MR) is 85.5 cm³/mol. The normalized spacial score (nSPS) is 10.0. The molecule has 2 aromatic rings. The molecule has 0 aliphatic rings. The van der Waals surface area contributed by atoms with E-state index in [1.165, 1.54) is 5.56 Å². The van der Waals surface area contributed by atoms with E-state index in [9.17, 15) is 0 Å². The smallest absolute Gasteiger partial charge is 0.175 e. The molecule has 108 valence electrons. The molecule has 0 saturated carbocycles. The lowest BCUT2D eigenvalue weighted by Gasteiger charge is -2.14. The van der Waals surface area contributed by atoms with E-state index in [1.807, 2.05) is 19.1 Å². The van der Waals surface area contributed by atoms with Gasteiger partial charge in [0.1, 0.15) is 6.61 Å². The first kappa shape index (κ1) is 15.4. The summed E-state index contributed by atoms with van der Waals surface area (Å²) < 4.78 is 12.1. The van der Waals surface area contributed by atoms with Crippen LogP contribution >= 0.6 is 15.9 Å². The van der Waals surface area contributed by atoms with E-state index in [1.54, 1.807) is 12.1 Å². The Labute approximate surface area is 133 Å². The van der Waals surface area contributed by atoms with Gasteiger partial charge in [0.05, 0.1) is 22.7 Å². The number of hydrogen-bond donors (Lipinski definition) is 0. The summed E-state index contributed by atoms with van der Waals surface area (Å²) in [5.41, 5.74) is 2.83. The van der Waals surface area contributed by atoms with Crippen molar-refractivity contribution in [1.82, 2.24) is 0 Å². The van der Waals surface area contributed by atoms with Crippen LogP contribution in [0.5, 0.6) is 11.5 Å². The van der Waals surface area contributed by atoms with Gasteiger partial charge < -0.3 is 9.47 Å². The van der Waals surface area contributed by atoms with Gasteiger partial charge in [0, 0.05) is 6.07 Å². The average molecular weight is 346 g/mol. The molecule has 3 nitrogen and oxygen atoms in total. The van der Waals surface area contributed by atoms with E-state index >= 15 is 0 Å². The van der Waals surface area contributed by atoms with Crippen molar-refractivity contribution in [3.63, 3.8) is 0 Å². The van der Waals surface area contributed by atoms with Crippen LogP contribution < -0.4 is 9.47 Å². The molecule has 2 rings (SSSR count). The molecule has 0 saturated heterocycles. The highest BCUT2D eigenvalue weighted by Crippen LogP contribution is 2.37. The molecular weight excluding hydrogens is 330 g/mol. The zero-order chi connectivity index (χ0) is 15.2. The third kappa shape index (κ3) is 3.99. The molecule has 0 amide bonds. The fourth-order valence-corrected chi connectivity index (χ4v) is 2.43. The Kier molecular flexibility index (Phi) is 5.24. The number of nitriles is 1. The maximum atomic E-state index is 9.01. The summed E-state index contributed by atoms with van der Waals surface area (Å²) in [6, 6.07) is 13.7. The van der Waals surface area contributed by atoms with Crippen molar-refractivity contribution < 1.29 is 9.47 Å². The maximum Gasteiger partial charge on any atom is 0.175 e. The summed E-state index contributed by atoms with van der Waals surface area (Å²) in [6.45, 7) is 4.92. The van der Waals surface area contributed by atoms with Crippen LogP contribution in [0.1, 0.15) is 23.6 Å². The first-order chi connectivity index (χ1) is 10.1. The lowest BCUT2D eigenvalue weighted by atomic mass is 10.2. The minimum Gasteiger partial charge on any atom is -0.490 e. The summed E-state index contributed by atoms with van der Waals surface area (Å²) in [5, 5.41) is 9.01. The van der Waals surface area contributed by atoms with E-state index < -0.39 is 0 Å². The molecule has 0 aliphatic carbocycles. The lowest BCUT2D eigenvalue weighted by Crippen LogP contribution is -2.01. The molecule has 0 radical (unpaired) electrons. The predicted octanol–water partition coefficient (Wildman–Crippen LogP) is 4.61. The topological polar surface area (TPSA) is 42.2 Å². The van der Waals surface area contributed by atoms with Crippen LogP contribution in [0.15, 0.2) is 40.9 Å². The molecule has 0 N–H and O–H groups in total. The maximum absolute atomic E-state index is 9.01. The summed E-state index contributed by atoms with van der Waals surface area (Å²) in [7, 11) is 0. The Morgan fingerprint density at radius 2 is 1.86 bits per heavy atom. The Hall–Kier alpha value is -1.99. The van der Waals surface area contributed by atoms with Crippen LogP contribution in [0, 0.1) is 18.3 Å².